The summed E-state index contributed by atoms with van der Waals surface area (Å²) in [4.78, 5) is 21.7. The highest BCUT2D eigenvalue weighted by molar-refractivity contribution is 5.84. The van der Waals surface area contributed by atoms with Gasteiger partial charge in [-0.25, -0.2) is 4.79 Å². The summed E-state index contributed by atoms with van der Waals surface area (Å²) in [7, 11) is 0. The molecule has 1 aliphatic rings. The fourth-order valence-corrected chi connectivity index (χ4v) is 3.46. The molecule has 1 aromatic carbocycles. The van der Waals surface area contributed by atoms with Gasteiger partial charge in [0.25, 0.3) is 0 Å². The molecule has 3 aromatic rings. The summed E-state index contributed by atoms with van der Waals surface area (Å²) in [5.74, 6) is 0.648. The average Bonchev–Trinajstić information content (AvgIpc) is 3.45. The van der Waals surface area contributed by atoms with Gasteiger partial charge in [0, 0.05) is 11.6 Å². The molecule has 0 spiro atoms. The average molecular weight is 333 g/mol. The van der Waals surface area contributed by atoms with Crippen LogP contribution in [0.1, 0.15) is 55.5 Å². The molecule has 0 unspecified atom stereocenters. The van der Waals surface area contributed by atoms with Gasteiger partial charge in [0.15, 0.2) is 0 Å². The number of fused-ring (bicyclic) bond motifs is 1. The lowest BCUT2D eigenvalue weighted by atomic mass is 10.0. The standard InChI is InChI=1S/C21H23N3O/c1-3-4-6-18-17-11-10-16(15-8-9-15)13-20(17)24(21(25)23-18)19-7-5-12-22-14(19)2/h5,7,10-13,15H,3-4,6,8-9H2,1-2H3. The Morgan fingerprint density at radius 2 is 2.08 bits per heavy atom. The topological polar surface area (TPSA) is 47.8 Å². The normalized spacial score (nSPS) is 14.2. The van der Waals surface area contributed by atoms with Crippen LogP contribution in [-0.2, 0) is 6.42 Å². The van der Waals surface area contributed by atoms with E-state index < -0.39 is 0 Å². The molecule has 4 nitrogen and oxygen atoms in total. The highest BCUT2D eigenvalue weighted by Gasteiger charge is 2.24. The van der Waals surface area contributed by atoms with Crippen molar-refractivity contribution >= 4 is 10.9 Å². The Hall–Kier alpha value is -2.49. The van der Waals surface area contributed by atoms with E-state index in [1.54, 1.807) is 10.8 Å². The van der Waals surface area contributed by atoms with E-state index in [9.17, 15) is 4.79 Å². The molecule has 4 rings (SSSR count). The van der Waals surface area contributed by atoms with Crippen molar-refractivity contribution in [1.82, 2.24) is 14.5 Å². The molecular formula is C21H23N3O. The van der Waals surface area contributed by atoms with Gasteiger partial charge in [0.1, 0.15) is 0 Å². The maximum Gasteiger partial charge on any atom is 0.352 e. The largest absolute Gasteiger partial charge is 0.352 e. The predicted octanol–water partition coefficient (Wildman–Crippen LogP) is 4.31. The van der Waals surface area contributed by atoms with Crippen LogP contribution >= 0.6 is 0 Å². The molecule has 25 heavy (non-hydrogen) atoms. The van der Waals surface area contributed by atoms with E-state index in [1.165, 1.54) is 18.4 Å². The van der Waals surface area contributed by atoms with Crippen molar-refractivity contribution in [3.63, 3.8) is 0 Å². The van der Waals surface area contributed by atoms with Crippen LogP contribution in [0.5, 0.6) is 0 Å². The first-order valence-corrected chi connectivity index (χ1v) is 9.16. The molecule has 4 heteroatoms. The molecule has 0 radical (unpaired) electrons. The number of aryl methyl sites for hydroxylation is 2. The first-order valence-electron chi connectivity index (χ1n) is 9.16. The summed E-state index contributed by atoms with van der Waals surface area (Å²) in [5, 5.41) is 1.08. The minimum absolute atomic E-state index is 0.206. The van der Waals surface area contributed by atoms with E-state index in [0.29, 0.717) is 5.92 Å². The Balaban J connectivity index is 2.00. The summed E-state index contributed by atoms with van der Waals surface area (Å²) in [5.41, 5.74) is 4.66. The van der Waals surface area contributed by atoms with E-state index in [0.717, 1.165) is 47.2 Å². The van der Waals surface area contributed by atoms with Gasteiger partial charge in [-0.15, -0.1) is 0 Å². The molecule has 2 heterocycles. The zero-order valence-electron chi connectivity index (χ0n) is 14.8. The van der Waals surface area contributed by atoms with E-state index in [-0.39, 0.29) is 5.69 Å². The first-order chi connectivity index (χ1) is 12.2. The Kier molecular flexibility index (Phi) is 4.12. The lowest BCUT2D eigenvalue weighted by molar-refractivity contribution is 0.768. The van der Waals surface area contributed by atoms with E-state index in [1.807, 2.05) is 19.1 Å². The van der Waals surface area contributed by atoms with Crippen LogP contribution in [0.4, 0.5) is 0 Å². The molecule has 1 aliphatic carbocycles. The number of nitrogens with zero attached hydrogens (tertiary/aromatic N) is 3. The van der Waals surface area contributed by atoms with Crippen molar-refractivity contribution in [3.8, 4) is 5.69 Å². The third-order valence-corrected chi connectivity index (χ3v) is 5.03. The second kappa shape index (κ2) is 6.43. The molecule has 0 saturated heterocycles. The highest BCUT2D eigenvalue weighted by atomic mass is 16.1. The molecule has 2 aromatic heterocycles. The van der Waals surface area contributed by atoms with E-state index >= 15 is 0 Å². The quantitative estimate of drug-likeness (QED) is 0.699. The number of aromatic nitrogens is 3. The summed E-state index contributed by atoms with van der Waals surface area (Å²) in [6, 6.07) is 10.4. The van der Waals surface area contributed by atoms with Gasteiger partial charge < -0.3 is 0 Å². The number of rotatable bonds is 5. The van der Waals surface area contributed by atoms with Crippen LogP contribution in [0.15, 0.2) is 41.3 Å². The van der Waals surface area contributed by atoms with Gasteiger partial charge in [-0.1, -0.05) is 25.5 Å². The molecule has 0 N–H and O–H groups in total. The number of hydrogen-bond donors (Lipinski definition) is 0. The number of unbranched alkanes of at least 4 members (excludes halogenated alkanes) is 1. The minimum Gasteiger partial charge on any atom is -0.259 e. The van der Waals surface area contributed by atoms with E-state index in [4.69, 9.17) is 0 Å². The zero-order chi connectivity index (χ0) is 17.4. The lowest BCUT2D eigenvalue weighted by Gasteiger charge is -2.15. The lowest BCUT2D eigenvalue weighted by Crippen LogP contribution is -2.24. The fraction of sp³-hybridized carbons (Fsp3) is 0.381. The second-order valence-corrected chi connectivity index (χ2v) is 6.94. The van der Waals surface area contributed by atoms with Crippen LogP contribution in [0.25, 0.3) is 16.6 Å². The van der Waals surface area contributed by atoms with E-state index in [2.05, 4.69) is 35.1 Å². The predicted molar refractivity (Wildman–Crippen MR) is 100 cm³/mol. The van der Waals surface area contributed by atoms with Gasteiger partial charge in [-0.2, -0.15) is 4.98 Å². The Bertz CT molecular complexity index is 986. The maximum atomic E-state index is 12.9. The second-order valence-electron chi connectivity index (χ2n) is 6.94. The van der Waals surface area contributed by atoms with Crippen LogP contribution in [-0.4, -0.2) is 14.5 Å². The van der Waals surface area contributed by atoms with Crippen molar-refractivity contribution in [2.24, 2.45) is 0 Å². The van der Waals surface area contributed by atoms with Crippen LogP contribution in [0.3, 0.4) is 0 Å². The summed E-state index contributed by atoms with van der Waals surface area (Å²) < 4.78 is 1.74. The van der Waals surface area contributed by atoms with Crippen molar-refractivity contribution < 1.29 is 0 Å². The van der Waals surface area contributed by atoms with Gasteiger partial charge in [-0.3, -0.25) is 9.55 Å². The van der Waals surface area contributed by atoms with Gasteiger partial charge in [0.05, 0.1) is 22.6 Å². The molecule has 0 amide bonds. The molecule has 128 valence electrons. The minimum atomic E-state index is -0.206. The van der Waals surface area contributed by atoms with Gasteiger partial charge in [0.2, 0.25) is 0 Å². The number of pyridine rings is 1. The summed E-state index contributed by atoms with van der Waals surface area (Å²) >= 11 is 0. The Morgan fingerprint density at radius 3 is 2.80 bits per heavy atom. The van der Waals surface area contributed by atoms with Crippen molar-refractivity contribution in [2.75, 3.05) is 0 Å². The fourth-order valence-electron chi connectivity index (χ4n) is 3.46. The van der Waals surface area contributed by atoms with Crippen LogP contribution in [0, 0.1) is 6.92 Å². The van der Waals surface area contributed by atoms with Gasteiger partial charge >= 0.3 is 5.69 Å². The van der Waals surface area contributed by atoms with Crippen molar-refractivity contribution in [3.05, 3.63) is 64.0 Å². The molecule has 1 fully saturated rings. The van der Waals surface area contributed by atoms with Crippen LogP contribution < -0.4 is 5.69 Å². The third-order valence-electron chi connectivity index (χ3n) is 5.03. The Labute approximate surface area is 147 Å². The summed E-state index contributed by atoms with van der Waals surface area (Å²) in [6.07, 6.45) is 7.23. The first kappa shape index (κ1) is 16.0. The van der Waals surface area contributed by atoms with Crippen LogP contribution in [0.2, 0.25) is 0 Å². The van der Waals surface area contributed by atoms with Crippen molar-refractivity contribution in [2.45, 2.75) is 51.9 Å². The summed E-state index contributed by atoms with van der Waals surface area (Å²) in [6.45, 7) is 4.09. The third kappa shape index (κ3) is 2.97. The molecule has 0 aliphatic heterocycles. The smallest absolute Gasteiger partial charge is 0.259 e. The molecule has 1 saturated carbocycles. The van der Waals surface area contributed by atoms with Gasteiger partial charge in [-0.05, 0) is 62.3 Å². The Morgan fingerprint density at radius 1 is 1.24 bits per heavy atom. The highest BCUT2D eigenvalue weighted by Crippen LogP contribution is 2.41. The zero-order valence-corrected chi connectivity index (χ0v) is 14.8. The van der Waals surface area contributed by atoms with Crippen molar-refractivity contribution in [1.29, 1.82) is 0 Å². The number of hydrogen-bond acceptors (Lipinski definition) is 3. The number of benzene rings is 1. The molecule has 0 atom stereocenters. The molecule has 0 bridgehead atoms. The maximum absolute atomic E-state index is 12.9. The molecular weight excluding hydrogens is 310 g/mol. The monoisotopic (exact) mass is 333 g/mol. The SMILES string of the molecule is CCCCc1nc(=O)n(-c2cccnc2C)c2cc(C3CC3)ccc12.